The van der Waals surface area contributed by atoms with Crippen LogP contribution in [0.2, 0.25) is 0 Å². The van der Waals surface area contributed by atoms with Crippen LogP contribution in [-0.2, 0) is 56.0 Å². The van der Waals surface area contributed by atoms with Crippen molar-refractivity contribution >= 4 is 69.9 Å². The number of guanidine groups is 1. The maximum Gasteiger partial charge on any atom is 0.247 e. The van der Waals surface area contributed by atoms with Crippen LogP contribution in [0.4, 0.5) is 0 Å². The number of carbonyl (C=O) groups excluding carboxylic acids is 9. The summed E-state index contributed by atoms with van der Waals surface area (Å²) in [7, 11) is 0. The van der Waals surface area contributed by atoms with E-state index in [-0.39, 0.29) is 76.0 Å². The molecule has 0 radical (unpaired) electrons. The van der Waals surface area contributed by atoms with Crippen LogP contribution in [0.15, 0.2) is 90.3 Å². The second kappa shape index (κ2) is 27.9. The minimum absolute atomic E-state index is 0.00586. The van der Waals surface area contributed by atoms with Gasteiger partial charge < -0.3 is 64.7 Å². The van der Waals surface area contributed by atoms with E-state index in [0.717, 1.165) is 10.8 Å². The van der Waals surface area contributed by atoms with E-state index < -0.39 is 95.5 Å². The van der Waals surface area contributed by atoms with Gasteiger partial charge >= 0.3 is 0 Å². The molecule has 23 nitrogen and oxygen atoms in total. The van der Waals surface area contributed by atoms with E-state index in [1.54, 1.807) is 42.5 Å². The third-order valence-corrected chi connectivity index (χ3v) is 12.1. The van der Waals surface area contributed by atoms with E-state index in [0.29, 0.717) is 24.1 Å². The number of imidazole rings is 1. The number of rotatable bonds is 18. The van der Waals surface area contributed by atoms with Crippen molar-refractivity contribution in [2.24, 2.45) is 22.2 Å². The summed E-state index contributed by atoms with van der Waals surface area (Å²) < 4.78 is 0. The molecule has 2 heterocycles. The van der Waals surface area contributed by atoms with Crippen molar-refractivity contribution in [2.45, 2.75) is 120 Å². The molecule has 23 heteroatoms. The second-order valence-electron chi connectivity index (χ2n) is 17.7. The summed E-state index contributed by atoms with van der Waals surface area (Å²) in [5, 5.41) is 23.2. The number of carbonyl (C=O) groups is 9. The molecule has 9 amide bonds. The van der Waals surface area contributed by atoms with Crippen molar-refractivity contribution < 1.29 is 43.2 Å². The molecule has 1 aromatic heterocycles. The van der Waals surface area contributed by atoms with Gasteiger partial charge in [-0.1, -0.05) is 92.6 Å². The van der Waals surface area contributed by atoms with Crippen LogP contribution < -0.4 is 59.7 Å². The number of hydrogen-bond donors (Lipinski definition) is 12. The fraction of sp³-hybridized carbons (Fsp3) is 0.420. The lowest BCUT2D eigenvalue weighted by molar-refractivity contribution is -0.136. The summed E-state index contributed by atoms with van der Waals surface area (Å²) in [6, 6.07) is 11.6. The van der Waals surface area contributed by atoms with Crippen LogP contribution >= 0.6 is 0 Å². The van der Waals surface area contributed by atoms with E-state index in [1.807, 2.05) is 37.3 Å². The van der Waals surface area contributed by atoms with Crippen LogP contribution in [0.25, 0.3) is 10.8 Å². The smallest absolute Gasteiger partial charge is 0.247 e. The quantitative estimate of drug-likeness (QED) is 0.0330. The number of benzene rings is 3. The first-order valence-electron chi connectivity index (χ1n) is 24.2. The summed E-state index contributed by atoms with van der Waals surface area (Å²) in [5.74, 6) is -7.13. The van der Waals surface area contributed by atoms with Crippen molar-refractivity contribution in [1.82, 2.24) is 52.5 Å². The average molecular weight is 1010 g/mol. The zero-order valence-electron chi connectivity index (χ0n) is 40.9. The number of nitrogens with one attached hydrogen (secondary N) is 9. The number of aromatic nitrogens is 2. The molecule has 1 unspecified atom stereocenters. The summed E-state index contributed by atoms with van der Waals surface area (Å²) in [4.78, 5) is 136. The van der Waals surface area contributed by atoms with Crippen molar-refractivity contribution in [2.75, 3.05) is 13.1 Å². The largest absolute Gasteiger partial charge is 0.370 e. The van der Waals surface area contributed by atoms with Crippen LogP contribution in [-0.4, -0.2) is 118 Å². The summed E-state index contributed by atoms with van der Waals surface area (Å²) >= 11 is 0. The molecule has 0 aliphatic carbocycles. The number of hydrogen-bond acceptors (Lipinski definition) is 11. The number of unbranched alkanes of at least 4 members (excludes halogenated alkanes) is 1. The number of aromatic amines is 1. The third kappa shape index (κ3) is 17.5. The van der Waals surface area contributed by atoms with Crippen molar-refractivity contribution in [3.63, 3.8) is 0 Å². The Morgan fingerprint density at radius 2 is 1.49 bits per heavy atom. The summed E-state index contributed by atoms with van der Waals surface area (Å²) in [6.07, 6.45) is 3.30. The molecule has 0 saturated carbocycles. The van der Waals surface area contributed by atoms with Crippen molar-refractivity contribution in [3.05, 3.63) is 102 Å². The number of primary amides is 1. The molecule has 1 aliphatic heterocycles. The van der Waals surface area contributed by atoms with E-state index in [9.17, 15) is 43.2 Å². The number of nitrogens with two attached hydrogens (primary N) is 3. The Labute approximate surface area is 422 Å². The van der Waals surface area contributed by atoms with E-state index in [2.05, 4.69) is 57.5 Å². The average Bonchev–Trinajstić information content (AvgIpc) is 3.88. The summed E-state index contributed by atoms with van der Waals surface area (Å²) in [5.41, 5.74) is 18.4. The molecular formula is C50H66N14O9. The molecule has 3 aromatic carbocycles. The van der Waals surface area contributed by atoms with Crippen molar-refractivity contribution in [1.29, 1.82) is 0 Å². The molecule has 0 spiro atoms. The van der Waals surface area contributed by atoms with Gasteiger partial charge in [-0.2, -0.15) is 0 Å². The summed E-state index contributed by atoms with van der Waals surface area (Å²) in [6.45, 7) is 2.98. The van der Waals surface area contributed by atoms with Gasteiger partial charge in [-0.25, -0.2) is 4.98 Å². The fourth-order valence-electron chi connectivity index (χ4n) is 8.22. The van der Waals surface area contributed by atoms with Crippen LogP contribution in [0.3, 0.4) is 0 Å². The molecular weight excluding hydrogens is 941 g/mol. The lowest BCUT2D eigenvalue weighted by Gasteiger charge is -2.28. The predicted molar refractivity (Wildman–Crippen MR) is 270 cm³/mol. The Morgan fingerprint density at radius 3 is 2.19 bits per heavy atom. The Hall–Kier alpha value is -8.37. The topological polar surface area (TPSA) is 369 Å². The fourth-order valence-corrected chi connectivity index (χ4v) is 8.22. The lowest BCUT2D eigenvalue weighted by Crippen LogP contribution is -2.59. The molecule has 1 aliphatic rings. The molecule has 5 rings (SSSR count). The van der Waals surface area contributed by atoms with Crippen LogP contribution in [0.5, 0.6) is 0 Å². The standard InChI is InChI=1S/C50H66N14O9/c1-3-4-18-35(58-29(2)65)44(68)59-37-20-21-41(66)55-24-22-38(47(71)62-39(43(51)67)25-32-16-10-15-30-12-8-9-17-34(30)32)60-45(69)36(19-11-23-56-50(52)53)61-49(73)42(31-13-6-5-7-14-31)64-48(72)40(63-46(37)70)26-33-27-54-28-57-33/h5-10,12-17,27-28,35-40,42H,3-4,11,18-26H2,1-2H3,(H2,51,67)(H,54,57)(H,55,66)(H,58,65)(H,59,68)(H,60,69)(H,61,73)(H,62,71)(H,63,70)(H,64,72)(H4,52,53,56)/t35-,36-,37-,38-,39-,40-,42?/m0/s1. The highest BCUT2D eigenvalue weighted by atomic mass is 16.2. The first-order chi connectivity index (χ1) is 35.0. The minimum atomic E-state index is -1.48. The zero-order chi connectivity index (χ0) is 52.9. The Morgan fingerprint density at radius 1 is 0.781 bits per heavy atom. The van der Waals surface area contributed by atoms with Crippen molar-refractivity contribution in [3.8, 4) is 0 Å². The van der Waals surface area contributed by atoms with Gasteiger partial charge in [0.2, 0.25) is 53.2 Å². The molecule has 390 valence electrons. The second-order valence-corrected chi connectivity index (χ2v) is 17.7. The maximum atomic E-state index is 14.6. The molecule has 7 atom stereocenters. The number of H-pyrrole nitrogens is 1. The molecule has 4 aromatic rings. The molecule has 15 N–H and O–H groups in total. The first kappa shape index (κ1) is 55.6. The highest BCUT2D eigenvalue weighted by molar-refractivity contribution is 5.98. The van der Waals surface area contributed by atoms with Gasteiger partial charge in [-0.3, -0.25) is 48.1 Å². The number of fused-ring (bicyclic) bond motifs is 1. The van der Waals surface area contributed by atoms with Crippen LogP contribution in [0.1, 0.15) is 88.1 Å². The van der Waals surface area contributed by atoms with E-state index >= 15 is 0 Å². The minimum Gasteiger partial charge on any atom is -0.370 e. The molecule has 1 saturated heterocycles. The van der Waals surface area contributed by atoms with Gasteiger partial charge in [-0.05, 0) is 54.0 Å². The van der Waals surface area contributed by atoms with Crippen LogP contribution in [0, 0.1) is 0 Å². The Bertz CT molecular complexity index is 2580. The zero-order valence-corrected chi connectivity index (χ0v) is 40.9. The third-order valence-electron chi connectivity index (χ3n) is 12.1. The Balaban J connectivity index is 1.53. The normalized spacial score (nSPS) is 20.1. The first-order valence-corrected chi connectivity index (χ1v) is 24.2. The van der Waals surface area contributed by atoms with Gasteiger partial charge in [0.15, 0.2) is 5.96 Å². The highest BCUT2D eigenvalue weighted by Crippen LogP contribution is 2.21. The van der Waals surface area contributed by atoms with Gasteiger partial charge in [0, 0.05) is 51.2 Å². The number of nitrogens with zero attached hydrogens (tertiary/aromatic N) is 2. The molecule has 1 fully saturated rings. The molecule has 73 heavy (non-hydrogen) atoms. The van der Waals surface area contributed by atoms with Gasteiger partial charge in [-0.15, -0.1) is 0 Å². The lowest BCUT2D eigenvalue weighted by atomic mass is 9.98. The number of amides is 9. The Kier molecular flexibility index (Phi) is 21.2. The van der Waals surface area contributed by atoms with E-state index in [1.165, 1.54) is 19.4 Å². The SMILES string of the molecule is CCCC[C@H](NC(C)=O)C(=O)N[C@H]1CCC(=O)NCC[C@@H](C(=O)N[C@@H](Cc2cccc3ccccc23)C(N)=O)NC(=O)[C@H](CCCN=C(N)N)NC(=O)C(c2ccccc2)NC(=O)[C@H](Cc2cnc[nH]2)NC1=O. The van der Waals surface area contributed by atoms with Gasteiger partial charge in [0.1, 0.15) is 42.3 Å². The predicted octanol–water partition coefficient (Wildman–Crippen LogP) is -0.837. The van der Waals surface area contributed by atoms with E-state index in [4.69, 9.17) is 17.2 Å². The number of aliphatic imine (C=N–C) groups is 1. The maximum absolute atomic E-state index is 14.6. The van der Waals surface area contributed by atoms with Gasteiger partial charge in [0.05, 0.1) is 6.33 Å². The molecule has 0 bridgehead atoms. The van der Waals surface area contributed by atoms with Gasteiger partial charge in [0.25, 0.3) is 0 Å². The monoisotopic (exact) mass is 1010 g/mol. The highest BCUT2D eigenvalue weighted by Gasteiger charge is 2.35.